The minimum absolute atomic E-state index is 0.0588. The normalized spacial score (nSPS) is 15.4. The van der Waals surface area contributed by atoms with Crippen LogP contribution in [0.15, 0.2) is 47.1 Å². The van der Waals surface area contributed by atoms with Crippen molar-refractivity contribution in [2.24, 2.45) is 5.92 Å². The molecule has 0 aliphatic carbocycles. The molecule has 6 nitrogen and oxygen atoms in total. The lowest BCUT2D eigenvalue weighted by molar-refractivity contribution is -0.118. The summed E-state index contributed by atoms with van der Waals surface area (Å²) in [5, 5.41) is 5.65. The zero-order chi connectivity index (χ0) is 19.2. The lowest BCUT2D eigenvalue weighted by Gasteiger charge is -2.29. The van der Waals surface area contributed by atoms with Crippen LogP contribution in [0, 0.1) is 5.92 Å². The smallest absolute Gasteiger partial charge is 0.287 e. The van der Waals surface area contributed by atoms with Gasteiger partial charge in [-0.1, -0.05) is 13.8 Å². The second-order valence-electron chi connectivity index (χ2n) is 7.26. The molecular weight excluding hydrogens is 342 g/mol. The van der Waals surface area contributed by atoms with Crippen molar-refractivity contribution in [3.63, 3.8) is 0 Å². The maximum absolute atomic E-state index is 12.7. The van der Waals surface area contributed by atoms with Crippen LogP contribution >= 0.6 is 0 Å². The van der Waals surface area contributed by atoms with Gasteiger partial charge in [-0.2, -0.15) is 0 Å². The lowest BCUT2D eigenvalue weighted by atomic mass is 10.0. The number of nitrogens with zero attached hydrogens (tertiary/aromatic N) is 1. The molecule has 2 amide bonds. The van der Waals surface area contributed by atoms with E-state index >= 15 is 0 Å². The highest BCUT2D eigenvalue weighted by atomic mass is 16.3. The van der Waals surface area contributed by atoms with E-state index < -0.39 is 11.9 Å². The van der Waals surface area contributed by atoms with Crippen LogP contribution in [0.3, 0.4) is 0 Å². The number of carbonyl (C=O) groups excluding carboxylic acids is 2. The number of furan rings is 1. The lowest BCUT2D eigenvalue weighted by Crippen LogP contribution is -2.47. The molecule has 6 heteroatoms. The number of carbonyl (C=O) groups is 2. The van der Waals surface area contributed by atoms with E-state index in [0.29, 0.717) is 0 Å². The Labute approximate surface area is 159 Å². The van der Waals surface area contributed by atoms with Gasteiger partial charge in [0.05, 0.1) is 6.26 Å². The quantitative estimate of drug-likeness (QED) is 0.815. The standard InChI is InChI=1S/C21H27N3O3/c1-15(2)19(23-20(25)18-7-6-14-27-18)21(26)22-16-8-10-17(11-9-16)24-12-4-3-5-13-24/h6-11,14-15,19H,3-5,12-13H2,1-2H3,(H,22,26)(H,23,25). The Morgan fingerprint density at radius 1 is 1.04 bits per heavy atom. The first kappa shape index (κ1) is 19.0. The van der Waals surface area contributed by atoms with Gasteiger partial charge in [-0.05, 0) is 61.6 Å². The molecule has 2 heterocycles. The summed E-state index contributed by atoms with van der Waals surface area (Å²) in [4.78, 5) is 27.3. The summed E-state index contributed by atoms with van der Waals surface area (Å²) in [6, 6.07) is 10.5. The van der Waals surface area contributed by atoms with Crippen molar-refractivity contribution in [3.05, 3.63) is 48.4 Å². The molecule has 2 N–H and O–H groups in total. The van der Waals surface area contributed by atoms with Gasteiger partial charge < -0.3 is 20.0 Å². The minimum Gasteiger partial charge on any atom is -0.459 e. The van der Waals surface area contributed by atoms with Gasteiger partial charge in [0.1, 0.15) is 6.04 Å². The predicted molar refractivity (Wildman–Crippen MR) is 106 cm³/mol. The molecule has 0 saturated carbocycles. The molecule has 1 aromatic carbocycles. The molecule has 1 aliphatic heterocycles. The van der Waals surface area contributed by atoms with E-state index in [1.807, 2.05) is 38.1 Å². The first-order chi connectivity index (χ1) is 13.0. The largest absolute Gasteiger partial charge is 0.459 e. The van der Waals surface area contributed by atoms with Crippen LogP contribution in [-0.2, 0) is 4.79 Å². The van der Waals surface area contributed by atoms with Crippen molar-refractivity contribution in [1.82, 2.24) is 5.32 Å². The molecule has 1 fully saturated rings. The molecule has 144 valence electrons. The molecule has 2 aromatic rings. The Morgan fingerprint density at radius 2 is 1.74 bits per heavy atom. The fourth-order valence-electron chi connectivity index (χ4n) is 3.28. The Morgan fingerprint density at radius 3 is 2.33 bits per heavy atom. The zero-order valence-electron chi connectivity index (χ0n) is 15.9. The SMILES string of the molecule is CC(C)C(NC(=O)c1ccco1)C(=O)Nc1ccc(N2CCCCC2)cc1. The van der Waals surface area contributed by atoms with Crippen LogP contribution in [0.4, 0.5) is 11.4 Å². The van der Waals surface area contributed by atoms with Gasteiger partial charge in [-0.25, -0.2) is 0 Å². The average molecular weight is 369 g/mol. The van der Waals surface area contributed by atoms with E-state index in [-0.39, 0.29) is 17.6 Å². The second kappa shape index (κ2) is 8.75. The van der Waals surface area contributed by atoms with Crippen molar-refractivity contribution in [3.8, 4) is 0 Å². The van der Waals surface area contributed by atoms with E-state index in [2.05, 4.69) is 15.5 Å². The van der Waals surface area contributed by atoms with Crippen molar-refractivity contribution in [1.29, 1.82) is 0 Å². The van der Waals surface area contributed by atoms with Crippen LogP contribution < -0.4 is 15.5 Å². The van der Waals surface area contributed by atoms with Gasteiger partial charge in [-0.15, -0.1) is 0 Å². The molecule has 1 atom stereocenters. The van der Waals surface area contributed by atoms with Gasteiger partial charge in [0, 0.05) is 24.5 Å². The molecule has 1 saturated heterocycles. The summed E-state index contributed by atoms with van der Waals surface area (Å²) in [5.41, 5.74) is 1.90. The van der Waals surface area contributed by atoms with Gasteiger partial charge in [0.2, 0.25) is 5.91 Å². The topological polar surface area (TPSA) is 74.6 Å². The van der Waals surface area contributed by atoms with Crippen LogP contribution in [0.5, 0.6) is 0 Å². The van der Waals surface area contributed by atoms with Crippen molar-refractivity contribution in [2.75, 3.05) is 23.3 Å². The summed E-state index contributed by atoms with van der Waals surface area (Å²) < 4.78 is 5.10. The third-order valence-corrected chi connectivity index (χ3v) is 4.84. The number of piperidine rings is 1. The highest BCUT2D eigenvalue weighted by Gasteiger charge is 2.25. The molecule has 3 rings (SSSR count). The molecule has 27 heavy (non-hydrogen) atoms. The second-order valence-corrected chi connectivity index (χ2v) is 7.26. The van der Waals surface area contributed by atoms with E-state index in [0.717, 1.165) is 18.8 Å². The molecule has 0 bridgehead atoms. The summed E-state index contributed by atoms with van der Waals surface area (Å²) in [5.74, 6) is -0.499. The Hall–Kier alpha value is -2.76. The van der Waals surface area contributed by atoms with E-state index in [1.165, 1.54) is 31.2 Å². The Balaban J connectivity index is 1.62. The van der Waals surface area contributed by atoms with E-state index in [4.69, 9.17) is 4.42 Å². The summed E-state index contributed by atoms with van der Waals surface area (Å²) in [6.07, 6.45) is 5.18. The number of hydrogen-bond donors (Lipinski definition) is 2. The fourth-order valence-corrected chi connectivity index (χ4v) is 3.28. The van der Waals surface area contributed by atoms with Crippen molar-refractivity contribution < 1.29 is 14.0 Å². The van der Waals surface area contributed by atoms with E-state index in [9.17, 15) is 9.59 Å². The predicted octanol–water partition coefficient (Wildman–Crippen LogP) is 3.66. The van der Waals surface area contributed by atoms with Crippen molar-refractivity contribution in [2.45, 2.75) is 39.2 Å². The van der Waals surface area contributed by atoms with Gasteiger partial charge in [0.15, 0.2) is 5.76 Å². The third-order valence-electron chi connectivity index (χ3n) is 4.84. The maximum atomic E-state index is 12.7. The average Bonchev–Trinajstić information content (AvgIpc) is 3.22. The minimum atomic E-state index is -0.649. The van der Waals surface area contributed by atoms with Crippen LogP contribution in [-0.4, -0.2) is 30.9 Å². The van der Waals surface area contributed by atoms with Crippen LogP contribution in [0.1, 0.15) is 43.7 Å². The number of anilines is 2. The number of hydrogen-bond acceptors (Lipinski definition) is 4. The first-order valence-corrected chi connectivity index (χ1v) is 9.55. The highest BCUT2D eigenvalue weighted by molar-refractivity contribution is 6.00. The zero-order valence-corrected chi connectivity index (χ0v) is 15.9. The molecular formula is C21H27N3O3. The molecule has 1 aromatic heterocycles. The van der Waals surface area contributed by atoms with Crippen LogP contribution in [0.2, 0.25) is 0 Å². The summed E-state index contributed by atoms with van der Waals surface area (Å²) >= 11 is 0. The summed E-state index contributed by atoms with van der Waals surface area (Å²) in [6.45, 7) is 5.96. The van der Waals surface area contributed by atoms with E-state index in [1.54, 1.807) is 12.1 Å². The van der Waals surface area contributed by atoms with Gasteiger partial charge in [0.25, 0.3) is 5.91 Å². The fraction of sp³-hybridized carbons (Fsp3) is 0.429. The molecule has 1 aliphatic rings. The highest BCUT2D eigenvalue weighted by Crippen LogP contribution is 2.22. The third kappa shape index (κ3) is 4.90. The number of amides is 2. The van der Waals surface area contributed by atoms with Gasteiger partial charge >= 0.3 is 0 Å². The summed E-state index contributed by atoms with van der Waals surface area (Å²) in [7, 11) is 0. The number of rotatable bonds is 6. The van der Waals surface area contributed by atoms with Gasteiger partial charge in [-0.3, -0.25) is 9.59 Å². The Bertz CT molecular complexity index is 747. The molecule has 0 spiro atoms. The van der Waals surface area contributed by atoms with Crippen molar-refractivity contribution >= 4 is 23.2 Å². The van der Waals surface area contributed by atoms with Crippen LogP contribution in [0.25, 0.3) is 0 Å². The first-order valence-electron chi connectivity index (χ1n) is 9.55. The molecule has 0 radical (unpaired) electrons. The monoisotopic (exact) mass is 369 g/mol. The maximum Gasteiger partial charge on any atom is 0.287 e. The number of benzene rings is 1. The Kier molecular flexibility index (Phi) is 6.16. The molecule has 1 unspecified atom stereocenters. The number of nitrogens with one attached hydrogen (secondary N) is 2.